The van der Waals surface area contributed by atoms with Crippen LogP contribution in [0, 0.1) is 0 Å². The van der Waals surface area contributed by atoms with Crippen LogP contribution in [-0.2, 0) is 21.4 Å². The fourth-order valence-electron chi connectivity index (χ4n) is 3.96. The third-order valence-electron chi connectivity index (χ3n) is 5.67. The summed E-state index contributed by atoms with van der Waals surface area (Å²) < 4.78 is 12.8. The summed E-state index contributed by atoms with van der Waals surface area (Å²) in [7, 11) is 1.64. The van der Waals surface area contributed by atoms with Gasteiger partial charge in [-0.05, 0) is 49.1 Å². The molecule has 1 aliphatic rings. The highest BCUT2D eigenvalue weighted by molar-refractivity contribution is 5.88. The lowest BCUT2D eigenvalue weighted by Crippen LogP contribution is -2.48. The Balaban J connectivity index is 1.40. The van der Waals surface area contributed by atoms with E-state index in [2.05, 4.69) is 15.5 Å². The quantitative estimate of drug-likeness (QED) is 0.623. The van der Waals surface area contributed by atoms with Crippen LogP contribution in [0.15, 0.2) is 48.7 Å². The molecule has 7 nitrogen and oxygen atoms in total. The van der Waals surface area contributed by atoms with Crippen LogP contribution in [0.3, 0.4) is 0 Å². The highest BCUT2D eigenvalue weighted by Crippen LogP contribution is 2.36. The third kappa shape index (κ3) is 3.96. The van der Waals surface area contributed by atoms with E-state index in [0.717, 1.165) is 35.6 Å². The third-order valence-corrected chi connectivity index (χ3v) is 5.67. The molecule has 1 aliphatic heterocycles. The number of aryl methyl sites for hydroxylation is 1. The summed E-state index contributed by atoms with van der Waals surface area (Å²) in [5, 5.41) is 11.6. The van der Waals surface area contributed by atoms with E-state index in [9.17, 15) is 4.79 Å². The van der Waals surface area contributed by atoms with Gasteiger partial charge in [0.1, 0.15) is 11.6 Å². The number of ether oxygens (including phenoxy) is 2. The number of aromatic nitrogens is 3. The summed E-state index contributed by atoms with van der Waals surface area (Å²) in [6.07, 6.45) is 4.88. The summed E-state index contributed by atoms with van der Waals surface area (Å²) in [6, 6.07) is 13.7. The lowest BCUT2D eigenvalue weighted by molar-refractivity contribution is -0.130. The molecule has 0 unspecified atom stereocenters. The fourth-order valence-corrected chi connectivity index (χ4v) is 3.96. The standard InChI is InChI=1S/C22H26N4O3/c1-28-18-9-7-17(8-10-18)22(11-15-29-16-12-22)21(27)23-13-4-6-20-25-24-19-5-2-3-14-26(19)20/h2-3,5,7-10,14H,4,6,11-13,15-16H2,1H3,(H,23,27). The Bertz CT molecular complexity index is 962. The molecule has 0 atom stereocenters. The molecule has 0 bridgehead atoms. The molecule has 3 heterocycles. The van der Waals surface area contributed by atoms with Crippen LogP contribution >= 0.6 is 0 Å². The lowest BCUT2D eigenvalue weighted by Gasteiger charge is -2.36. The first kappa shape index (κ1) is 19.4. The Morgan fingerprint density at radius 3 is 2.72 bits per heavy atom. The predicted octanol–water partition coefficient (Wildman–Crippen LogP) is 2.54. The maximum absolute atomic E-state index is 13.2. The van der Waals surface area contributed by atoms with Gasteiger partial charge in [0.15, 0.2) is 5.65 Å². The van der Waals surface area contributed by atoms with Crippen molar-refractivity contribution in [3.63, 3.8) is 0 Å². The SMILES string of the molecule is COc1ccc(C2(C(=O)NCCCc3nnc4ccccn34)CCOCC2)cc1. The van der Waals surface area contributed by atoms with E-state index < -0.39 is 5.41 Å². The van der Waals surface area contributed by atoms with Crippen molar-refractivity contribution in [2.75, 3.05) is 26.9 Å². The molecular formula is C22H26N4O3. The molecule has 2 aromatic heterocycles. The van der Waals surface area contributed by atoms with Crippen molar-refractivity contribution in [1.29, 1.82) is 0 Å². The van der Waals surface area contributed by atoms with Gasteiger partial charge in [0.2, 0.25) is 5.91 Å². The Morgan fingerprint density at radius 2 is 1.97 bits per heavy atom. The van der Waals surface area contributed by atoms with Gasteiger partial charge >= 0.3 is 0 Å². The number of fused-ring (bicyclic) bond motifs is 1. The van der Waals surface area contributed by atoms with Crippen molar-refractivity contribution in [3.05, 3.63) is 60.0 Å². The first-order chi connectivity index (χ1) is 14.2. The van der Waals surface area contributed by atoms with E-state index >= 15 is 0 Å². The minimum Gasteiger partial charge on any atom is -0.497 e. The average molecular weight is 394 g/mol. The Morgan fingerprint density at radius 1 is 1.17 bits per heavy atom. The molecule has 7 heteroatoms. The van der Waals surface area contributed by atoms with Crippen molar-refractivity contribution in [2.24, 2.45) is 0 Å². The van der Waals surface area contributed by atoms with Gasteiger partial charge in [0.05, 0.1) is 12.5 Å². The van der Waals surface area contributed by atoms with E-state index in [1.807, 2.05) is 53.1 Å². The first-order valence-electron chi connectivity index (χ1n) is 10.0. The normalized spacial score (nSPS) is 15.9. The lowest BCUT2D eigenvalue weighted by atomic mass is 9.73. The molecule has 4 rings (SSSR count). The number of hydrogen-bond donors (Lipinski definition) is 1. The topological polar surface area (TPSA) is 77.8 Å². The van der Waals surface area contributed by atoms with Crippen LogP contribution in [-0.4, -0.2) is 47.4 Å². The Hall–Kier alpha value is -2.93. The van der Waals surface area contributed by atoms with Crippen molar-refractivity contribution in [3.8, 4) is 5.75 Å². The van der Waals surface area contributed by atoms with Crippen LogP contribution in [0.2, 0.25) is 0 Å². The maximum Gasteiger partial charge on any atom is 0.230 e. The number of rotatable bonds is 7. The number of methoxy groups -OCH3 is 1. The van der Waals surface area contributed by atoms with E-state index in [1.165, 1.54) is 0 Å². The second kappa shape index (κ2) is 8.61. The minimum absolute atomic E-state index is 0.0667. The van der Waals surface area contributed by atoms with Gasteiger partial charge in [-0.2, -0.15) is 0 Å². The number of benzene rings is 1. The molecule has 0 saturated carbocycles. The highest BCUT2D eigenvalue weighted by atomic mass is 16.5. The van der Waals surface area contributed by atoms with Crippen LogP contribution in [0.4, 0.5) is 0 Å². The number of nitrogens with zero attached hydrogens (tertiary/aromatic N) is 3. The van der Waals surface area contributed by atoms with Crippen molar-refractivity contribution < 1.29 is 14.3 Å². The zero-order valence-corrected chi connectivity index (χ0v) is 16.6. The van der Waals surface area contributed by atoms with Crippen LogP contribution in [0.25, 0.3) is 5.65 Å². The summed E-state index contributed by atoms with van der Waals surface area (Å²) in [6.45, 7) is 1.77. The zero-order chi connectivity index (χ0) is 20.1. The van der Waals surface area contributed by atoms with E-state index in [-0.39, 0.29) is 5.91 Å². The molecule has 0 spiro atoms. The largest absolute Gasteiger partial charge is 0.497 e. The number of pyridine rings is 1. The molecule has 1 N–H and O–H groups in total. The minimum atomic E-state index is -0.550. The smallest absolute Gasteiger partial charge is 0.230 e. The number of hydrogen-bond acceptors (Lipinski definition) is 5. The summed E-state index contributed by atoms with van der Waals surface area (Å²) in [5.41, 5.74) is 1.31. The first-order valence-corrected chi connectivity index (χ1v) is 10.0. The molecule has 0 aliphatic carbocycles. The van der Waals surface area contributed by atoms with Gasteiger partial charge in [-0.3, -0.25) is 9.20 Å². The zero-order valence-electron chi connectivity index (χ0n) is 16.6. The van der Waals surface area contributed by atoms with Gasteiger partial charge in [-0.1, -0.05) is 18.2 Å². The van der Waals surface area contributed by atoms with Gasteiger partial charge in [0, 0.05) is 32.4 Å². The summed E-state index contributed by atoms with van der Waals surface area (Å²) in [5.74, 6) is 1.76. The molecule has 1 saturated heterocycles. The van der Waals surface area contributed by atoms with E-state index in [4.69, 9.17) is 9.47 Å². The molecule has 152 valence electrons. The van der Waals surface area contributed by atoms with Gasteiger partial charge < -0.3 is 14.8 Å². The van der Waals surface area contributed by atoms with Crippen molar-refractivity contribution in [2.45, 2.75) is 31.1 Å². The fraction of sp³-hybridized carbons (Fsp3) is 0.409. The number of carbonyl (C=O) groups is 1. The van der Waals surface area contributed by atoms with Crippen LogP contribution in [0.5, 0.6) is 5.75 Å². The molecule has 1 fully saturated rings. The van der Waals surface area contributed by atoms with Crippen molar-refractivity contribution >= 4 is 11.6 Å². The monoisotopic (exact) mass is 394 g/mol. The number of nitrogens with one attached hydrogen (secondary N) is 1. The van der Waals surface area contributed by atoms with Crippen molar-refractivity contribution in [1.82, 2.24) is 19.9 Å². The number of carbonyl (C=O) groups excluding carboxylic acids is 1. The summed E-state index contributed by atoms with van der Waals surface area (Å²) >= 11 is 0. The Kier molecular flexibility index (Phi) is 5.76. The van der Waals surface area contributed by atoms with E-state index in [1.54, 1.807) is 7.11 Å². The second-order valence-electron chi connectivity index (χ2n) is 7.33. The maximum atomic E-state index is 13.2. The highest BCUT2D eigenvalue weighted by Gasteiger charge is 2.41. The van der Waals surface area contributed by atoms with E-state index in [0.29, 0.717) is 32.6 Å². The predicted molar refractivity (Wildman–Crippen MR) is 109 cm³/mol. The second-order valence-corrected chi connectivity index (χ2v) is 7.33. The van der Waals surface area contributed by atoms with Crippen LogP contribution < -0.4 is 10.1 Å². The molecule has 1 amide bonds. The van der Waals surface area contributed by atoms with Gasteiger partial charge in [-0.15, -0.1) is 10.2 Å². The van der Waals surface area contributed by atoms with Gasteiger partial charge in [-0.25, -0.2) is 0 Å². The molecule has 0 radical (unpaired) electrons. The molecule has 1 aromatic carbocycles. The Labute approximate surface area is 170 Å². The van der Waals surface area contributed by atoms with Crippen LogP contribution in [0.1, 0.15) is 30.7 Å². The number of amides is 1. The summed E-state index contributed by atoms with van der Waals surface area (Å²) in [4.78, 5) is 13.2. The molecule has 29 heavy (non-hydrogen) atoms. The average Bonchev–Trinajstić information content (AvgIpc) is 3.20. The molecular weight excluding hydrogens is 368 g/mol. The van der Waals surface area contributed by atoms with Gasteiger partial charge in [0.25, 0.3) is 0 Å². The molecule has 3 aromatic rings.